The van der Waals surface area contributed by atoms with E-state index in [2.05, 4.69) is 20.9 Å². The Morgan fingerprint density at radius 1 is 1.00 bits per heavy atom. The van der Waals surface area contributed by atoms with Crippen molar-refractivity contribution in [2.75, 3.05) is 51.3 Å². The summed E-state index contributed by atoms with van der Waals surface area (Å²) in [5.41, 5.74) is 0.958. The Morgan fingerprint density at radius 3 is 2.52 bits per heavy atom. The third-order valence-electron chi connectivity index (χ3n) is 5.70. The van der Waals surface area contributed by atoms with Gasteiger partial charge in [0, 0.05) is 39.3 Å². The van der Waals surface area contributed by atoms with Crippen molar-refractivity contribution < 1.29 is 9.47 Å². The summed E-state index contributed by atoms with van der Waals surface area (Å²) in [6.45, 7) is 6.82. The van der Waals surface area contributed by atoms with E-state index in [0.717, 1.165) is 37.6 Å². The fourth-order valence-corrected chi connectivity index (χ4v) is 4.03. The van der Waals surface area contributed by atoms with Crippen LogP contribution in [0.1, 0.15) is 6.92 Å². The predicted octanol–water partition coefficient (Wildman–Crippen LogP) is 1.92. The molecule has 0 spiro atoms. The van der Waals surface area contributed by atoms with Crippen LogP contribution in [0.5, 0.6) is 11.5 Å². The molecule has 0 atom stereocenters. The number of aromatic nitrogens is 2. The number of aromatic amines is 1. The molecular formula is C23H28N4O4. The number of anilines is 1. The van der Waals surface area contributed by atoms with Crippen molar-refractivity contribution in [1.29, 1.82) is 0 Å². The van der Waals surface area contributed by atoms with Crippen LogP contribution in [0.15, 0.2) is 52.1 Å². The fraction of sp³-hybridized carbons (Fsp3) is 0.391. The summed E-state index contributed by atoms with van der Waals surface area (Å²) >= 11 is 0. The van der Waals surface area contributed by atoms with Gasteiger partial charge in [0.1, 0.15) is 11.5 Å². The summed E-state index contributed by atoms with van der Waals surface area (Å²) < 4.78 is 12.3. The first-order valence-corrected chi connectivity index (χ1v) is 10.6. The number of rotatable bonds is 7. The van der Waals surface area contributed by atoms with Crippen LogP contribution in [0.4, 0.5) is 5.69 Å². The molecule has 1 aliphatic rings. The molecule has 4 rings (SSSR count). The quantitative estimate of drug-likeness (QED) is 0.624. The van der Waals surface area contributed by atoms with E-state index in [0.29, 0.717) is 36.3 Å². The van der Waals surface area contributed by atoms with Crippen molar-refractivity contribution in [3.05, 3.63) is 63.3 Å². The van der Waals surface area contributed by atoms with Gasteiger partial charge in [-0.15, -0.1) is 0 Å². The van der Waals surface area contributed by atoms with Crippen molar-refractivity contribution in [1.82, 2.24) is 14.5 Å². The maximum Gasteiger partial charge on any atom is 0.328 e. The number of nitrogens with zero attached hydrogens (tertiary/aromatic N) is 3. The molecule has 0 aliphatic carbocycles. The molecule has 0 saturated carbocycles. The van der Waals surface area contributed by atoms with Crippen molar-refractivity contribution in [3.8, 4) is 11.5 Å². The summed E-state index contributed by atoms with van der Waals surface area (Å²) in [6, 6.07) is 13.2. The smallest absolute Gasteiger partial charge is 0.328 e. The highest BCUT2D eigenvalue weighted by Gasteiger charge is 2.20. The molecule has 0 radical (unpaired) electrons. The molecule has 3 aromatic rings. The summed E-state index contributed by atoms with van der Waals surface area (Å²) in [7, 11) is 1.69. The number of fused-ring (bicyclic) bond motifs is 1. The van der Waals surface area contributed by atoms with E-state index < -0.39 is 0 Å². The van der Waals surface area contributed by atoms with E-state index in [1.807, 2.05) is 25.1 Å². The molecule has 1 N–H and O–H groups in total. The number of piperazine rings is 1. The van der Waals surface area contributed by atoms with E-state index in [9.17, 15) is 9.59 Å². The second-order valence-corrected chi connectivity index (χ2v) is 7.53. The van der Waals surface area contributed by atoms with Crippen LogP contribution in [0.25, 0.3) is 10.9 Å². The van der Waals surface area contributed by atoms with Crippen LogP contribution in [0, 0.1) is 0 Å². The van der Waals surface area contributed by atoms with Gasteiger partial charge < -0.3 is 19.4 Å². The average molecular weight is 425 g/mol. The Labute approximate surface area is 180 Å². The maximum absolute atomic E-state index is 12.9. The Hall–Kier alpha value is -3.26. The van der Waals surface area contributed by atoms with E-state index in [-0.39, 0.29) is 11.2 Å². The summed E-state index contributed by atoms with van der Waals surface area (Å²) in [6.07, 6.45) is 0. The number of benzene rings is 2. The van der Waals surface area contributed by atoms with Crippen molar-refractivity contribution in [3.63, 3.8) is 0 Å². The highest BCUT2D eigenvalue weighted by atomic mass is 16.5. The first kappa shape index (κ1) is 21.0. The molecule has 0 amide bonds. The highest BCUT2D eigenvalue weighted by molar-refractivity contribution is 5.78. The van der Waals surface area contributed by atoms with Gasteiger partial charge in [-0.2, -0.15) is 0 Å². The number of H-pyrrole nitrogens is 1. The number of ether oxygens (including phenoxy) is 2. The molecule has 2 heterocycles. The van der Waals surface area contributed by atoms with E-state index in [1.54, 1.807) is 25.3 Å². The predicted molar refractivity (Wildman–Crippen MR) is 122 cm³/mol. The van der Waals surface area contributed by atoms with Crippen LogP contribution in [-0.4, -0.2) is 60.9 Å². The zero-order valence-corrected chi connectivity index (χ0v) is 18.0. The minimum absolute atomic E-state index is 0.284. The Kier molecular flexibility index (Phi) is 6.27. The van der Waals surface area contributed by atoms with Crippen LogP contribution >= 0.6 is 0 Å². The normalized spacial score (nSPS) is 14.7. The molecule has 1 saturated heterocycles. The summed E-state index contributed by atoms with van der Waals surface area (Å²) in [4.78, 5) is 32.8. The Balaban J connectivity index is 1.44. The fourth-order valence-electron chi connectivity index (χ4n) is 4.03. The number of nitrogens with one attached hydrogen (secondary N) is 1. The van der Waals surface area contributed by atoms with Gasteiger partial charge in [-0.05, 0) is 37.3 Å². The first-order chi connectivity index (χ1) is 15.1. The minimum atomic E-state index is -0.380. The molecule has 0 bridgehead atoms. The first-order valence-electron chi connectivity index (χ1n) is 10.6. The van der Waals surface area contributed by atoms with Gasteiger partial charge >= 0.3 is 5.69 Å². The summed E-state index contributed by atoms with van der Waals surface area (Å²) in [5, 5.41) is 0.464. The molecule has 8 nitrogen and oxygen atoms in total. The van der Waals surface area contributed by atoms with Crippen molar-refractivity contribution >= 4 is 16.6 Å². The van der Waals surface area contributed by atoms with Crippen molar-refractivity contribution in [2.45, 2.75) is 13.5 Å². The minimum Gasteiger partial charge on any atom is -0.495 e. The van der Waals surface area contributed by atoms with Gasteiger partial charge in [-0.1, -0.05) is 12.1 Å². The third kappa shape index (κ3) is 4.44. The lowest BCUT2D eigenvalue weighted by molar-refractivity contribution is 0.245. The van der Waals surface area contributed by atoms with Gasteiger partial charge in [0.25, 0.3) is 5.56 Å². The molecule has 164 valence electrons. The Morgan fingerprint density at radius 2 is 1.77 bits per heavy atom. The van der Waals surface area contributed by atoms with E-state index in [1.165, 1.54) is 4.57 Å². The van der Waals surface area contributed by atoms with Gasteiger partial charge in [0.2, 0.25) is 0 Å². The summed E-state index contributed by atoms with van der Waals surface area (Å²) in [5.74, 6) is 1.50. The van der Waals surface area contributed by atoms with Gasteiger partial charge in [-0.3, -0.25) is 14.3 Å². The molecule has 31 heavy (non-hydrogen) atoms. The van der Waals surface area contributed by atoms with Gasteiger partial charge in [0.15, 0.2) is 0 Å². The lowest BCUT2D eigenvalue weighted by atomic mass is 10.2. The molecule has 0 unspecified atom stereocenters. The molecule has 1 fully saturated rings. The number of hydrogen-bond acceptors (Lipinski definition) is 6. The van der Waals surface area contributed by atoms with Gasteiger partial charge in [-0.25, -0.2) is 4.79 Å². The van der Waals surface area contributed by atoms with E-state index in [4.69, 9.17) is 9.47 Å². The largest absolute Gasteiger partial charge is 0.495 e. The molecule has 2 aromatic carbocycles. The zero-order chi connectivity index (χ0) is 21.8. The standard InChI is InChI=1S/C23H28N4O4/c1-3-31-17-8-9-19-18(16-17)22(28)27(23(29)24-19)15-12-25-10-13-26(14-11-25)20-6-4-5-7-21(20)30-2/h4-9,16H,3,10-15H2,1-2H3,(H,24,29). The topological polar surface area (TPSA) is 79.8 Å². The average Bonchev–Trinajstić information content (AvgIpc) is 2.80. The van der Waals surface area contributed by atoms with Crippen LogP contribution < -0.4 is 25.6 Å². The molecule has 8 heteroatoms. The van der Waals surface area contributed by atoms with Crippen LogP contribution in [0.2, 0.25) is 0 Å². The number of hydrogen-bond donors (Lipinski definition) is 1. The second kappa shape index (κ2) is 9.26. The molecule has 1 aliphatic heterocycles. The number of methoxy groups -OCH3 is 1. The van der Waals surface area contributed by atoms with E-state index >= 15 is 0 Å². The maximum atomic E-state index is 12.9. The molecular weight excluding hydrogens is 396 g/mol. The second-order valence-electron chi connectivity index (χ2n) is 7.53. The highest BCUT2D eigenvalue weighted by Crippen LogP contribution is 2.28. The SMILES string of the molecule is CCOc1ccc2[nH]c(=O)n(CCN3CCN(c4ccccc4OC)CC3)c(=O)c2c1. The van der Waals surface area contributed by atoms with Gasteiger partial charge in [0.05, 0.1) is 30.3 Å². The third-order valence-corrected chi connectivity index (χ3v) is 5.70. The molecule has 1 aromatic heterocycles. The zero-order valence-electron chi connectivity index (χ0n) is 18.0. The number of para-hydroxylation sites is 2. The lowest BCUT2D eigenvalue weighted by Crippen LogP contribution is -2.48. The van der Waals surface area contributed by atoms with Crippen LogP contribution in [-0.2, 0) is 6.54 Å². The lowest BCUT2D eigenvalue weighted by Gasteiger charge is -2.36. The Bertz CT molecular complexity index is 1160. The monoisotopic (exact) mass is 424 g/mol. The van der Waals surface area contributed by atoms with Crippen molar-refractivity contribution in [2.24, 2.45) is 0 Å². The van der Waals surface area contributed by atoms with Crippen LogP contribution in [0.3, 0.4) is 0 Å².